The Labute approximate surface area is 184 Å². The minimum absolute atomic E-state index is 0.133. The van der Waals surface area contributed by atoms with E-state index < -0.39 is 10.8 Å². The number of amides is 1. The zero-order chi connectivity index (χ0) is 21.1. The highest BCUT2D eigenvalue weighted by Crippen LogP contribution is 2.30. The van der Waals surface area contributed by atoms with Gasteiger partial charge in [0, 0.05) is 40.6 Å². The molecule has 1 aromatic heterocycles. The number of aromatic nitrogens is 1. The number of non-ortho nitro benzene ring substituents is 1. The lowest BCUT2D eigenvalue weighted by Crippen LogP contribution is -2.37. The minimum atomic E-state index is -0.505. The summed E-state index contributed by atoms with van der Waals surface area (Å²) in [5, 5.41) is 16.3. The van der Waals surface area contributed by atoms with Gasteiger partial charge in [-0.05, 0) is 18.2 Å². The molecular weight excluding hydrogens is 472 g/mol. The maximum atomic E-state index is 13.0. The van der Waals surface area contributed by atoms with Crippen LogP contribution in [0.25, 0.3) is 11.3 Å². The van der Waals surface area contributed by atoms with Gasteiger partial charge in [-0.2, -0.15) is 0 Å². The molecule has 0 atom stereocenters. The van der Waals surface area contributed by atoms with Crippen LogP contribution < -0.4 is 10.2 Å². The van der Waals surface area contributed by atoms with Gasteiger partial charge in [-0.25, -0.2) is 4.98 Å². The van der Waals surface area contributed by atoms with Gasteiger partial charge in [-0.1, -0.05) is 28.1 Å². The van der Waals surface area contributed by atoms with E-state index in [0.29, 0.717) is 37.1 Å². The molecule has 8 nitrogen and oxygen atoms in total. The Morgan fingerprint density at radius 1 is 1.23 bits per heavy atom. The normalized spacial score (nSPS) is 13.8. The van der Waals surface area contributed by atoms with E-state index in [-0.39, 0.29) is 11.3 Å². The lowest BCUT2D eigenvalue weighted by Gasteiger charge is -2.30. The van der Waals surface area contributed by atoms with E-state index >= 15 is 0 Å². The van der Waals surface area contributed by atoms with E-state index in [4.69, 9.17) is 4.74 Å². The molecule has 2 heterocycles. The Morgan fingerprint density at radius 3 is 2.77 bits per heavy atom. The van der Waals surface area contributed by atoms with Gasteiger partial charge in [-0.15, -0.1) is 11.3 Å². The van der Waals surface area contributed by atoms with Crippen LogP contribution in [0.4, 0.5) is 16.5 Å². The van der Waals surface area contributed by atoms with E-state index in [9.17, 15) is 14.9 Å². The van der Waals surface area contributed by atoms with E-state index in [0.717, 1.165) is 15.7 Å². The number of hydrogen-bond donors (Lipinski definition) is 1. The number of rotatable bonds is 5. The lowest BCUT2D eigenvalue weighted by molar-refractivity contribution is -0.384. The van der Waals surface area contributed by atoms with E-state index in [1.807, 2.05) is 34.5 Å². The average Bonchev–Trinajstić information content (AvgIpc) is 3.22. The fraction of sp³-hybridized carbons (Fsp3) is 0.200. The highest BCUT2D eigenvalue weighted by atomic mass is 79.9. The standard InChI is InChI=1S/C20H17BrN4O4S/c21-14-3-1-2-13(10-14)17-12-30-20(22-17)23-19(26)16-11-15(25(27)28)4-5-18(16)24-6-8-29-9-7-24/h1-5,10-12H,6-9H2,(H,22,23,26). The number of halogens is 1. The summed E-state index contributed by atoms with van der Waals surface area (Å²) < 4.78 is 6.31. The fourth-order valence-corrected chi connectivity index (χ4v) is 4.29. The molecule has 3 aromatic rings. The molecule has 154 valence electrons. The van der Waals surface area contributed by atoms with Gasteiger partial charge in [-0.3, -0.25) is 20.2 Å². The molecule has 1 N–H and O–H groups in total. The third-order valence-corrected chi connectivity index (χ3v) is 5.88. The zero-order valence-electron chi connectivity index (χ0n) is 15.7. The summed E-state index contributed by atoms with van der Waals surface area (Å²) >= 11 is 4.74. The summed E-state index contributed by atoms with van der Waals surface area (Å²) in [5.74, 6) is -0.435. The van der Waals surface area contributed by atoms with Crippen molar-refractivity contribution in [2.24, 2.45) is 0 Å². The zero-order valence-corrected chi connectivity index (χ0v) is 18.1. The number of anilines is 2. The number of carbonyl (C=O) groups is 1. The molecule has 2 aromatic carbocycles. The number of ether oxygens (including phenoxy) is 1. The summed E-state index contributed by atoms with van der Waals surface area (Å²) in [6.45, 7) is 2.31. The van der Waals surface area contributed by atoms with Gasteiger partial charge >= 0.3 is 0 Å². The molecule has 0 bridgehead atoms. The third kappa shape index (κ3) is 4.50. The molecule has 0 spiro atoms. The van der Waals surface area contributed by atoms with Crippen molar-refractivity contribution in [3.63, 3.8) is 0 Å². The smallest absolute Gasteiger partial charge is 0.270 e. The molecule has 1 aliphatic rings. The number of benzene rings is 2. The Kier molecular flexibility index (Phi) is 6.07. The first-order chi connectivity index (χ1) is 14.5. The van der Waals surface area contributed by atoms with Crippen LogP contribution in [0.3, 0.4) is 0 Å². The molecule has 1 saturated heterocycles. The fourth-order valence-electron chi connectivity index (χ4n) is 3.18. The maximum Gasteiger partial charge on any atom is 0.270 e. The molecule has 0 aliphatic carbocycles. The number of nitro groups is 1. The van der Waals surface area contributed by atoms with Gasteiger partial charge in [0.1, 0.15) is 0 Å². The van der Waals surface area contributed by atoms with Gasteiger partial charge in [0.25, 0.3) is 11.6 Å². The van der Waals surface area contributed by atoms with Crippen molar-refractivity contribution in [3.8, 4) is 11.3 Å². The number of hydrogen-bond acceptors (Lipinski definition) is 7. The van der Waals surface area contributed by atoms with E-state index in [1.54, 1.807) is 6.07 Å². The number of carbonyl (C=O) groups excluding carboxylic acids is 1. The molecule has 4 rings (SSSR count). The number of nitrogens with zero attached hydrogens (tertiary/aromatic N) is 3. The Balaban J connectivity index is 1.61. The highest BCUT2D eigenvalue weighted by Gasteiger charge is 2.23. The van der Waals surface area contributed by atoms with Crippen molar-refractivity contribution in [3.05, 3.63) is 68.0 Å². The van der Waals surface area contributed by atoms with E-state index in [1.165, 1.54) is 23.5 Å². The van der Waals surface area contributed by atoms with Crippen LogP contribution in [0.15, 0.2) is 52.3 Å². The maximum absolute atomic E-state index is 13.0. The van der Waals surface area contributed by atoms with Crippen LogP contribution in [-0.2, 0) is 4.74 Å². The van der Waals surface area contributed by atoms with E-state index in [2.05, 4.69) is 26.2 Å². The molecule has 0 unspecified atom stereocenters. The number of nitro benzene ring substituents is 1. The van der Waals surface area contributed by atoms with Crippen LogP contribution in [0.5, 0.6) is 0 Å². The Bertz CT molecular complexity index is 1100. The van der Waals surface area contributed by atoms with Gasteiger partial charge in [0.15, 0.2) is 5.13 Å². The third-order valence-electron chi connectivity index (χ3n) is 4.63. The van der Waals surface area contributed by atoms with Crippen LogP contribution in [-0.4, -0.2) is 42.1 Å². The SMILES string of the molecule is O=C(Nc1nc(-c2cccc(Br)c2)cs1)c1cc([N+](=O)[O-])ccc1N1CCOCC1. The summed E-state index contributed by atoms with van der Waals surface area (Å²) in [6.07, 6.45) is 0. The largest absolute Gasteiger partial charge is 0.378 e. The van der Waals surface area contributed by atoms with Crippen molar-refractivity contribution >= 4 is 49.7 Å². The van der Waals surface area contributed by atoms with Gasteiger partial charge in [0.2, 0.25) is 0 Å². The molecule has 30 heavy (non-hydrogen) atoms. The van der Waals surface area contributed by atoms with Crippen LogP contribution in [0.2, 0.25) is 0 Å². The predicted octanol–water partition coefficient (Wildman–Crippen LogP) is 4.57. The first-order valence-electron chi connectivity index (χ1n) is 9.15. The molecule has 10 heteroatoms. The van der Waals surface area contributed by atoms with Crippen molar-refractivity contribution in [2.75, 3.05) is 36.5 Å². The van der Waals surface area contributed by atoms with Crippen molar-refractivity contribution in [2.45, 2.75) is 0 Å². The summed E-state index contributed by atoms with van der Waals surface area (Å²) in [6, 6.07) is 12.1. The van der Waals surface area contributed by atoms with Crippen LogP contribution >= 0.6 is 27.3 Å². The number of thiazole rings is 1. The Morgan fingerprint density at radius 2 is 2.03 bits per heavy atom. The quantitative estimate of drug-likeness (QED) is 0.417. The van der Waals surface area contributed by atoms with Crippen molar-refractivity contribution in [1.29, 1.82) is 0 Å². The molecule has 1 aliphatic heterocycles. The molecular formula is C20H17BrN4O4S. The number of nitrogens with one attached hydrogen (secondary N) is 1. The summed E-state index contributed by atoms with van der Waals surface area (Å²) in [5.41, 5.74) is 2.41. The first kappa shape index (κ1) is 20.5. The topological polar surface area (TPSA) is 97.6 Å². The summed E-state index contributed by atoms with van der Waals surface area (Å²) in [7, 11) is 0. The highest BCUT2D eigenvalue weighted by molar-refractivity contribution is 9.10. The molecule has 0 radical (unpaired) electrons. The molecule has 0 saturated carbocycles. The predicted molar refractivity (Wildman–Crippen MR) is 119 cm³/mol. The lowest BCUT2D eigenvalue weighted by atomic mass is 10.1. The van der Waals surface area contributed by atoms with Crippen LogP contribution in [0.1, 0.15) is 10.4 Å². The van der Waals surface area contributed by atoms with Crippen molar-refractivity contribution < 1.29 is 14.5 Å². The second-order valence-corrected chi connectivity index (χ2v) is 8.33. The first-order valence-corrected chi connectivity index (χ1v) is 10.8. The summed E-state index contributed by atoms with van der Waals surface area (Å²) in [4.78, 5) is 30.2. The Hall–Kier alpha value is -2.82. The molecule has 1 fully saturated rings. The second kappa shape index (κ2) is 8.90. The van der Waals surface area contributed by atoms with Crippen molar-refractivity contribution in [1.82, 2.24) is 4.98 Å². The molecule has 1 amide bonds. The monoisotopic (exact) mass is 488 g/mol. The second-order valence-electron chi connectivity index (χ2n) is 6.56. The minimum Gasteiger partial charge on any atom is -0.378 e. The van der Waals surface area contributed by atoms with Crippen LogP contribution in [0, 0.1) is 10.1 Å². The average molecular weight is 489 g/mol. The van der Waals surface area contributed by atoms with Gasteiger partial charge in [0.05, 0.1) is 35.1 Å². The van der Waals surface area contributed by atoms with Gasteiger partial charge < -0.3 is 9.64 Å². The number of morpholine rings is 1.